The first-order chi connectivity index (χ1) is 9.52. The summed E-state index contributed by atoms with van der Waals surface area (Å²) in [5.74, 6) is 1.49. The molecular weight excluding hydrogens is 244 g/mol. The Labute approximate surface area is 124 Å². The SMILES string of the molecule is CC(C)CN(C(C)C)C(CN)c1ccc(C2CC2)cc1. The van der Waals surface area contributed by atoms with Gasteiger partial charge in [0.25, 0.3) is 0 Å². The molecule has 0 saturated heterocycles. The smallest absolute Gasteiger partial charge is 0.0473 e. The van der Waals surface area contributed by atoms with Crippen molar-refractivity contribution in [3.05, 3.63) is 35.4 Å². The zero-order valence-corrected chi connectivity index (χ0v) is 13.5. The van der Waals surface area contributed by atoms with Gasteiger partial charge in [0, 0.05) is 25.2 Å². The molecule has 2 rings (SSSR count). The maximum absolute atomic E-state index is 6.09. The third-order valence-corrected chi connectivity index (χ3v) is 4.23. The number of rotatable bonds is 7. The first kappa shape index (κ1) is 15.5. The van der Waals surface area contributed by atoms with Crippen LogP contribution in [-0.4, -0.2) is 24.0 Å². The fourth-order valence-corrected chi connectivity index (χ4v) is 2.99. The van der Waals surface area contributed by atoms with Gasteiger partial charge in [0.2, 0.25) is 0 Å². The van der Waals surface area contributed by atoms with Crippen molar-refractivity contribution in [3.8, 4) is 0 Å². The summed E-state index contributed by atoms with van der Waals surface area (Å²) in [5.41, 5.74) is 8.96. The monoisotopic (exact) mass is 274 g/mol. The second-order valence-corrected chi connectivity index (χ2v) is 6.88. The molecule has 1 aliphatic carbocycles. The van der Waals surface area contributed by atoms with Crippen LogP contribution in [0, 0.1) is 5.92 Å². The second kappa shape index (κ2) is 6.73. The van der Waals surface area contributed by atoms with E-state index in [9.17, 15) is 0 Å². The van der Waals surface area contributed by atoms with Gasteiger partial charge in [0.1, 0.15) is 0 Å². The molecule has 0 aliphatic heterocycles. The van der Waals surface area contributed by atoms with Gasteiger partial charge in [0.05, 0.1) is 0 Å². The van der Waals surface area contributed by atoms with E-state index in [4.69, 9.17) is 5.73 Å². The molecule has 2 N–H and O–H groups in total. The van der Waals surface area contributed by atoms with Crippen LogP contribution in [0.2, 0.25) is 0 Å². The van der Waals surface area contributed by atoms with Crippen LogP contribution in [0.3, 0.4) is 0 Å². The van der Waals surface area contributed by atoms with Crippen LogP contribution < -0.4 is 5.73 Å². The molecule has 0 heterocycles. The minimum atomic E-state index is 0.339. The highest BCUT2D eigenvalue weighted by Crippen LogP contribution is 2.40. The van der Waals surface area contributed by atoms with Crippen molar-refractivity contribution in [1.29, 1.82) is 0 Å². The van der Waals surface area contributed by atoms with E-state index in [2.05, 4.69) is 56.9 Å². The summed E-state index contributed by atoms with van der Waals surface area (Å²) in [5, 5.41) is 0. The summed E-state index contributed by atoms with van der Waals surface area (Å²) in [6, 6.07) is 10.1. The Morgan fingerprint density at radius 1 is 1.10 bits per heavy atom. The second-order valence-electron chi connectivity index (χ2n) is 6.88. The minimum absolute atomic E-state index is 0.339. The van der Waals surface area contributed by atoms with E-state index >= 15 is 0 Å². The van der Waals surface area contributed by atoms with Crippen molar-refractivity contribution in [2.24, 2.45) is 11.7 Å². The molecule has 1 saturated carbocycles. The van der Waals surface area contributed by atoms with Gasteiger partial charge in [0.15, 0.2) is 0 Å². The molecule has 2 nitrogen and oxygen atoms in total. The van der Waals surface area contributed by atoms with E-state index in [1.807, 2.05) is 0 Å². The summed E-state index contributed by atoms with van der Waals surface area (Å²) in [6.45, 7) is 10.9. The van der Waals surface area contributed by atoms with Crippen LogP contribution >= 0.6 is 0 Å². The van der Waals surface area contributed by atoms with Gasteiger partial charge in [-0.05, 0) is 49.7 Å². The van der Waals surface area contributed by atoms with Gasteiger partial charge in [-0.2, -0.15) is 0 Å². The molecule has 1 aromatic carbocycles. The summed E-state index contributed by atoms with van der Waals surface area (Å²) in [7, 11) is 0. The van der Waals surface area contributed by atoms with Crippen molar-refractivity contribution in [1.82, 2.24) is 4.90 Å². The van der Waals surface area contributed by atoms with E-state index in [1.54, 1.807) is 0 Å². The normalized spacial score (nSPS) is 17.2. The molecule has 0 radical (unpaired) electrons. The Hall–Kier alpha value is -0.860. The molecule has 1 atom stereocenters. The molecule has 1 aromatic rings. The average molecular weight is 274 g/mol. The van der Waals surface area contributed by atoms with Crippen LogP contribution in [0.25, 0.3) is 0 Å². The first-order valence-corrected chi connectivity index (χ1v) is 8.08. The van der Waals surface area contributed by atoms with Crippen molar-refractivity contribution >= 4 is 0 Å². The highest BCUT2D eigenvalue weighted by molar-refractivity contribution is 5.30. The van der Waals surface area contributed by atoms with Gasteiger partial charge in [-0.15, -0.1) is 0 Å². The van der Waals surface area contributed by atoms with Gasteiger partial charge in [-0.3, -0.25) is 4.90 Å². The lowest BCUT2D eigenvalue weighted by Crippen LogP contribution is -2.40. The molecule has 1 unspecified atom stereocenters. The molecule has 1 fully saturated rings. The third-order valence-electron chi connectivity index (χ3n) is 4.23. The zero-order chi connectivity index (χ0) is 14.7. The number of hydrogen-bond acceptors (Lipinski definition) is 2. The van der Waals surface area contributed by atoms with Crippen molar-refractivity contribution in [2.75, 3.05) is 13.1 Å². The van der Waals surface area contributed by atoms with E-state index in [0.717, 1.165) is 12.5 Å². The van der Waals surface area contributed by atoms with Gasteiger partial charge >= 0.3 is 0 Å². The van der Waals surface area contributed by atoms with Crippen molar-refractivity contribution < 1.29 is 0 Å². The largest absolute Gasteiger partial charge is 0.329 e. The lowest BCUT2D eigenvalue weighted by molar-refractivity contribution is 0.138. The Morgan fingerprint density at radius 2 is 1.70 bits per heavy atom. The number of nitrogens with zero attached hydrogens (tertiary/aromatic N) is 1. The first-order valence-electron chi connectivity index (χ1n) is 8.08. The summed E-state index contributed by atoms with van der Waals surface area (Å²) in [6.07, 6.45) is 2.73. The molecule has 112 valence electrons. The summed E-state index contributed by atoms with van der Waals surface area (Å²) >= 11 is 0. The molecule has 1 aliphatic rings. The van der Waals surface area contributed by atoms with Crippen LogP contribution in [0.5, 0.6) is 0 Å². The lowest BCUT2D eigenvalue weighted by Gasteiger charge is -2.36. The van der Waals surface area contributed by atoms with E-state index < -0.39 is 0 Å². The van der Waals surface area contributed by atoms with Crippen LogP contribution in [0.4, 0.5) is 0 Å². The molecule has 20 heavy (non-hydrogen) atoms. The molecule has 0 bridgehead atoms. The Kier molecular flexibility index (Phi) is 5.22. The van der Waals surface area contributed by atoms with Gasteiger partial charge < -0.3 is 5.73 Å². The van der Waals surface area contributed by atoms with Crippen LogP contribution in [-0.2, 0) is 0 Å². The van der Waals surface area contributed by atoms with Gasteiger partial charge in [-0.25, -0.2) is 0 Å². The molecule has 0 spiro atoms. The van der Waals surface area contributed by atoms with Crippen molar-refractivity contribution in [2.45, 2.75) is 58.5 Å². The van der Waals surface area contributed by atoms with Gasteiger partial charge in [-0.1, -0.05) is 38.1 Å². The predicted octanol–water partition coefficient (Wildman–Crippen LogP) is 3.93. The zero-order valence-electron chi connectivity index (χ0n) is 13.5. The Bertz CT molecular complexity index is 404. The van der Waals surface area contributed by atoms with Crippen LogP contribution in [0.1, 0.15) is 63.6 Å². The fraction of sp³-hybridized carbons (Fsp3) is 0.667. The number of benzene rings is 1. The Balaban J connectivity index is 2.15. The predicted molar refractivity (Wildman–Crippen MR) is 86.9 cm³/mol. The Morgan fingerprint density at radius 3 is 2.10 bits per heavy atom. The van der Waals surface area contributed by atoms with Crippen molar-refractivity contribution in [3.63, 3.8) is 0 Å². The maximum Gasteiger partial charge on any atom is 0.0473 e. The molecule has 0 amide bonds. The maximum atomic E-state index is 6.09. The van der Waals surface area contributed by atoms with E-state index in [-0.39, 0.29) is 0 Å². The highest BCUT2D eigenvalue weighted by atomic mass is 15.2. The van der Waals surface area contributed by atoms with E-state index in [0.29, 0.717) is 24.5 Å². The van der Waals surface area contributed by atoms with Crippen LogP contribution in [0.15, 0.2) is 24.3 Å². The molecule has 0 aromatic heterocycles. The number of nitrogens with two attached hydrogens (primary N) is 1. The molecule has 2 heteroatoms. The third kappa shape index (κ3) is 3.83. The summed E-state index contributed by atoms with van der Waals surface area (Å²) < 4.78 is 0. The standard InChI is InChI=1S/C18H30N2/c1-13(2)12-20(14(3)4)18(11-19)17-9-7-16(8-10-17)15-5-6-15/h7-10,13-15,18H,5-6,11-12,19H2,1-4H3. The lowest BCUT2D eigenvalue weighted by atomic mass is 9.99. The fourth-order valence-electron chi connectivity index (χ4n) is 2.99. The highest BCUT2D eigenvalue weighted by Gasteiger charge is 2.25. The minimum Gasteiger partial charge on any atom is -0.329 e. The van der Waals surface area contributed by atoms with E-state index in [1.165, 1.54) is 24.0 Å². The quantitative estimate of drug-likeness (QED) is 0.816. The number of hydrogen-bond donors (Lipinski definition) is 1. The molecular formula is C18H30N2. The average Bonchev–Trinajstić information content (AvgIpc) is 3.23. The topological polar surface area (TPSA) is 29.3 Å². The summed E-state index contributed by atoms with van der Waals surface area (Å²) in [4.78, 5) is 2.54.